The van der Waals surface area contributed by atoms with Crippen molar-refractivity contribution in [1.82, 2.24) is 14.5 Å². The third-order valence-electron chi connectivity index (χ3n) is 6.84. The Balaban J connectivity index is 1.40. The van der Waals surface area contributed by atoms with E-state index < -0.39 is 12.1 Å². The molecule has 0 unspecified atom stereocenters. The summed E-state index contributed by atoms with van der Waals surface area (Å²) in [6.45, 7) is 1.93. The van der Waals surface area contributed by atoms with Crippen LogP contribution in [0.1, 0.15) is 23.1 Å². The van der Waals surface area contributed by atoms with Crippen LogP contribution in [0.25, 0.3) is 0 Å². The fourth-order valence-electron chi connectivity index (χ4n) is 4.55. The van der Waals surface area contributed by atoms with Crippen LogP contribution in [0, 0.1) is 5.41 Å². The first-order chi connectivity index (χ1) is 20.8. The number of hydrogen-bond acceptors (Lipinski definition) is 8. The fraction of sp³-hybridized carbons (Fsp3) is 0.290. The summed E-state index contributed by atoms with van der Waals surface area (Å²) in [7, 11) is 0. The number of anilines is 1. The zero-order valence-corrected chi connectivity index (χ0v) is 24.6. The quantitative estimate of drug-likeness (QED) is 0.120. The Morgan fingerprint density at radius 2 is 1.60 bits per heavy atom. The van der Waals surface area contributed by atoms with Gasteiger partial charge in [0, 0.05) is 55.3 Å². The van der Waals surface area contributed by atoms with Crippen molar-refractivity contribution in [3.05, 3.63) is 95.6 Å². The van der Waals surface area contributed by atoms with E-state index in [0.717, 1.165) is 16.0 Å². The van der Waals surface area contributed by atoms with Crippen molar-refractivity contribution in [3.8, 4) is 0 Å². The Morgan fingerprint density at radius 3 is 2.33 bits per heavy atom. The molecule has 0 spiro atoms. The topological polar surface area (TPSA) is 167 Å². The maximum atomic E-state index is 13.8. The van der Waals surface area contributed by atoms with Crippen molar-refractivity contribution in [2.45, 2.75) is 30.4 Å². The summed E-state index contributed by atoms with van der Waals surface area (Å²) >= 11 is 1.29. The molecule has 3 aromatic carbocycles. The van der Waals surface area contributed by atoms with Crippen LogP contribution in [0.3, 0.4) is 0 Å². The van der Waals surface area contributed by atoms with Crippen LogP contribution in [0.15, 0.2) is 83.8 Å². The van der Waals surface area contributed by atoms with Crippen LogP contribution in [0.4, 0.5) is 10.5 Å². The van der Waals surface area contributed by atoms with Crippen molar-refractivity contribution in [2.75, 3.05) is 38.0 Å². The van der Waals surface area contributed by atoms with Crippen molar-refractivity contribution in [1.29, 1.82) is 5.41 Å². The van der Waals surface area contributed by atoms with Gasteiger partial charge in [-0.2, -0.15) is 0 Å². The number of ether oxygens (including phenoxy) is 1. The van der Waals surface area contributed by atoms with Crippen LogP contribution in [0.2, 0.25) is 0 Å². The second-order valence-electron chi connectivity index (χ2n) is 10.1. The van der Waals surface area contributed by atoms with E-state index in [-0.39, 0.29) is 37.2 Å². The third kappa shape index (κ3) is 9.57. The Kier molecular flexibility index (Phi) is 11.5. The number of benzene rings is 3. The smallest absolute Gasteiger partial charge is 0.410 e. The molecule has 1 aliphatic rings. The minimum absolute atomic E-state index is 0.0455. The molecule has 11 nitrogen and oxygen atoms in total. The average molecular weight is 604 g/mol. The van der Waals surface area contributed by atoms with Crippen LogP contribution < -0.4 is 21.5 Å². The first kappa shape index (κ1) is 31.5. The number of nitrogens with zero attached hydrogens (tertiary/aromatic N) is 2. The molecule has 0 aliphatic carbocycles. The number of nitrogens with one attached hydrogen (secondary N) is 3. The molecule has 226 valence electrons. The highest BCUT2D eigenvalue weighted by molar-refractivity contribution is 7.97. The van der Waals surface area contributed by atoms with Crippen molar-refractivity contribution < 1.29 is 19.1 Å². The molecule has 1 fully saturated rings. The molecule has 3 aromatic rings. The van der Waals surface area contributed by atoms with E-state index in [9.17, 15) is 14.4 Å². The number of amidine groups is 1. The lowest BCUT2D eigenvalue weighted by Gasteiger charge is -2.36. The molecule has 12 heteroatoms. The van der Waals surface area contributed by atoms with Gasteiger partial charge in [-0.15, -0.1) is 0 Å². The van der Waals surface area contributed by atoms with Crippen molar-refractivity contribution in [3.63, 3.8) is 0 Å². The maximum absolute atomic E-state index is 13.8. The maximum Gasteiger partial charge on any atom is 0.410 e. The highest BCUT2D eigenvalue weighted by Crippen LogP contribution is 2.22. The monoisotopic (exact) mass is 603 g/mol. The molecule has 0 bridgehead atoms. The molecule has 1 atom stereocenters. The molecule has 0 saturated carbocycles. The molecular weight excluding hydrogens is 566 g/mol. The lowest BCUT2D eigenvalue weighted by atomic mass is 10.0. The number of piperazine rings is 1. The average Bonchev–Trinajstić information content (AvgIpc) is 3.02. The van der Waals surface area contributed by atoms with Crippen molar-refractivity contribution >= 4 is 41.4 Å². The molecule has 1 aliphatic heterocycles. The van der Waals surface area contributed by atoms with Gasteiger partial charge in [0.15, 0.2) is 0 Å². The van der Waals surface area contributed by atoms with Gasteiger partial charge in [0.2, 0.25) is 11.8 Å². The summed E-state index contributed by atoms with van der Waals surface area (Å²) in [6.07, 6.45) is 0.184. The van der Waals surface area contributed by atoms with Gasteiger partial charge < -0.3 is 31.3 Å². The Bertz CT molecular complexity index is 1410. The predicted octanol–water partition coefficient (Wildman–Crippen LogP) is 2.95. The molecule has 0 aromatic heterocycles. The number of hydrogen-bond donors (Lipinski definition) is 5. The molecule has 1 heterocycles. The minimum Gasteiger partial charge on any atom is -0.445 e. The summed E-state index contributed by atoms with van der Waals surface area (Å²) in [5.74, 6) is -0.319. The van der Waals surface area contributed by atoms with Gasteiger partial charge in [-0.1, -0.05) is 54.6 Å². The first-order valence-corrected chi connectivity index (χ1v) is 14.8. The van der Waals surface area contributed by atoms with Crippen LogP contribution in [0.5, 0.6) is 0 Å². The van der Waals surface area contributed by atoms with E-state index in [1.54, 1.807) is 21.9 Å². The van der Waals surface area contributed by atoms with Gasteiger partial charge in [-0.25, -0.2) is 9.52 Å². The number of amides is 3. The fourth-order valence-corrected chi connectivity index (χ4v) is 5.35. The molecule has 0 radical (unpaired) electrons. The second-order valence-corrected chi connectivity index (χ2v) is 11.0. The van der Waals surface area contributed by atoms with Gasteiger partial charge in [0.05, 0.1) is 0 Å². The number of nitrogens with two attached hydrogens (primary N) is 2. The SMILES string of the molecule is N=C(N)c1cccc(C[C@H](NSc2cccc(NC(=O)CCN)c2)C(=O)N2CCN(C(=O)OCc3ccccc3)CC2)c1. The zero-order valence-electron chi connectivity index (χ0n) is 23.8. The second kappa shape index (κ2) is 15.7. The van der Waals surface area contributed by atoms with Gasteiger partial charge in [0.1, 0.15) is 18.5 Å². The number of carbonyl (C=O) groups excluding carboxylic acids is 3. The number of rotatable bonds is 12. The minimum atomic E-state index is -0.612. The predicted molar refractivity (Wildman–Crippen MR) is 167 cm³/mol. The highest BCUT2D eigenvalue weighted by Gasteiger charge is 2.30. The summed E-state index contributed by atoms with van der Waals surface area (Å²) in [6, 6.07) is 23.5. The standard InChI is InChI=1S/C31H37N7O4S/c32-13-12-28(39)35-25-10-5-11-26(20-25)43-36-27(19-23-8-4-9-24(18-23)29(33)34)30(40)37-14-16-38(17-15-37)31(41)42-21-22-6-2-1-3-7-22/h1-11,18,20,27,36H,12-17,19,21,32H2,(H3,33,34)(H,35,39)/t27-/m0/s1. The van der Waals surface area contributed by atoms with Gasteiger partial charge in [0.25, 0.3) is 0 Å². The van der Waals surface area contributed by atoms with Crippen LogP contribution in [-0.4, -0.2) is 72.3 Å². The molecule has 3 amide bonds. The van der Waals surface area contributed by atoms with Crippen LogP contribution >= 0.6 is 11.9 Å². The molecule has 43 heavy (non-hydrogen) atoms. The zero-order chi connectivity index (χ0) is 30.6. The normalized spacial score (nSPS) is 13.7. The summed E-state index contributed by atoms with van der Waals surface area (Å²) in [5.41, 5.74) is 14.2. The van der Waals surface area contributed by atoms with E-state index in [2.05, 4.69) is 10.0 Å². The summed E-state index contributed by atoms with van der Waals surface area (Å²) in [4.78, 5) is 42.6. The number of nitrogen functional groups attached to an aromatic ring is 1. The van der Waals surface area contributed by atoms with E-state index in [1.807, 2.05) is 66.7 Å². The lowest BCUT2D eigenvalue weighted by Crippen LogP contribution is -2.55. The highest BCUT2D eigenvalue weighted by atomic mass is 32.2. The molecule has 4 rings (SSSR count). The van der Waals surface area contributed by atoms with Crippen molar-refractivity contribution in [2.24, 2.45) is 11.5 Å². The number of carbonyl (C=O) groups is 3. The molecular formula is C31H37N7O4S. The van der Waals surface area contributed by atoms with E-state index in [4.69, 9.17) is 21.6 Å². The van der Waals surface area contributed by atoms with Gasteiger partial charge in [-0.05, 0) is 53.8 Å². The Labute approximate surface area is 255 Å². The first-order valence-electron chi connectivity index (χ1n) is 14.0. The Morgan fingerprint density at radius 1 is 0.907 bits per heavy atom. The van der Waals surface area contributed by atoms with E-state index in [0.29, 0.717) is 43.9 Å². The van der Waals surface area contributed by atoms with Gasteiger partial charge in [-0.3, -0.25) is 15.0 Å². The lowest BCUT2D eigenvalue weighted by molar-refractivity contribution is -0.134. The van der Waals surface area contributed by atoms with Crippen LogP contribution in [-0.2, 0) is 27.4 Å². The largest absolute Gasteiger partial charge is 0.445 e. The third-order valence-corrected chi connectivity index (χ3v) is 7.73. The summed E-state index contributed by atoms with van der Waals surface area (Å²) in [5, 5.41) is 10.6. The molecule has 1 saturated heterocycles. The van der Waals surface area contributed by atoms with E-state index >= 15 is 0 Å². The van der Waals surface area contributed by atoms with Gasteiger partial charge >= 0.3 is 6.09 Å². The van der Waals surface area contributed by atoms with E-state index in [1.165, 1.54) is 11.9 Å². The summed E-state index contributed by atoms with van der Waals surface area (Å²) < 4.78 is 8.77. The molecule has 7 N–H and O–H groups in total. The Hall–Kier alpha value is -4.39.